The summed E-state index contributed by atoms with van der Waals surface area (Å²) in [4.78, 5) is 15.3. The number of ether oxygens (including phenoxy) is 1. The molecule has 1 aromatic rings. The van der Waals surface area contributed by atoms with Crippen molar-refractivity contribution >= 4 is 17.5 Å². The molecule has 0 unspecified atom stereocenters. The molecule has 1 atom stereocenters. The van der Waals surface area contributed by atoms with E-state index in [1.54, 1.807) is 0 Å². The van der Waals surface area contributed by atoms with E-state index in [9.17, 15) is 4.79 Å². The quantitative estimate of drug-likeness (QED) is 0.928. The number of benzene rings is 1. The molecule has 1 aromatic carbocycles. The normalized spacial score (nSPS) is 24.5. The van der Waals surface area contributed by atoms with Crippen LogP contribution < -0.4 is 5.73 Å². The Hall–Kier alpha value is -1.10. The van der Waals surface area contributed by atoms with Crippen molar-refractivity contribution in [3.8, 4) is 0 Å². The molecule has 2 N–H and O–H groups in total. The molecule has 2 aliphatic rings. The van der Waals surface area contributed by atoms with Gasteiger partial charge >= 0.3 is 0 Å². The Balaban J connectivity index is 1.89. The third kappa shape index (κ3) is 2.87. The third-order valence-electron chi connectivity index (χ3n) is 5.06. The maximum Gasteiger partial charge on any atom is 0.233 e. The van der Waals surface area contributed by atoms with E-state index < -0.39 is 5.41 Å². The summed E-state index contributed by atoms with van der Waals surface area (Å²) in [6.45, 7) is 3.51. The topological polar surface area (TPSA) is 55.6 Å². The zero-order valence-electron chi connectivity index (χ0n) is 12.8. The molecule has 2 heterocycles. The van der Waals surface area contributed by atoms with Gasteiger partial charge in [-0.25, -0.2) is 0 Å². The Kier molecular flexibility index (Phi) is 4.71. The zero-order valence-corrected chi connectivity index (χ0v) is 13.5. The van der Waals surface area contributed by atoms with Crippen molar-refractivity contribution < 1.29 is 9.53 Å². The number of amides is 1. The second kappa shape index (κ2) is 6.57. The number of carbonyl (C=O) groups is 1. The van der Waals surface area contributed by atoms with Gasteiger partial charge in [-0.1, -0.05) is 23.7 Å². The predicted molar refractivity (Wildman–Crippen MR) is 86.9 cm³/mol. The molecule has 2 fully saturated rings. The summed E-state index contributed by atoms with van der Waals surface area (Å²) in [6, 6.07) is 7.71. The Morgan fingerprint density at radius 3 is 2.59 bits per heavy atom. The first-order chi connectivity index (χ1) is 10.7. The van der Waals surface area contributed by atoms with Crippen molar-refractivity contribution in [2.24, 2.45) is 11.7 Å². The van der Waals surface area contributed by atoms with Crippen LogP contribution in [0.25, 0.3) is 0 Å². The first-order valence-electron chi connectivity index (χ1n) is 7.99. The molecule has 1 amide bonds. The predicted octanol–water partition coefficient (Wildman–Crippen LogP) is 2.20. The van der Waals surface area contributed by atoms with Gasteiger partial charge in [-0.05, 0) is 49.4 Å². The minimum absolute atomic E-state index is 0.231. The molecule has 0 aliphatic carbocycles. The summed E-state index contributed by atoms with van der Waals surface area (Å²) >= 11 is 6.01. The van der Waals surface area contributed by atoms with Crippen LogP contribution in [0.2, 0.25) is 5.02 Å². The van der Waals surface area contributed by atoms with Crippen LogP contribution in [0.5, 0.6) is 0 Å². The van der Waals surface area contributed by atoms with Crippen LogP contribution >= 0.6 is 11.6 Å². The smallest absolute Gasteiger partial charge is 0.233 e. The van der Waals surface area contributed by atoms with Gasteiger partial charge in [0.15, 0.2) is 0 Å². The number of rotatable bonds is 3. The fourth-order valence-corrected chi connectivity index (χ4v) is 3.75. The van der Waals surface area contributed by atoms with Crippen LogP contribution in [0.4, 0.5) is 0 Å². The third-order valence-corrected chi connectivity index (χ3v) is 5.31. The Morgan fingerprint density at radius 1 is 1.32 bits per heavy atom. The van der Waals surface area contributed by atoms with Gasteiger partial charge in [0, 0.05) is 31.3 Å². The SMILES string of the molecule is NC[C@H]1CCN(C(=O)C2(c3ccc(Cl)cc3)CCOCC2)C1. The molecule has 22 heavy (non-hydrogen) atoms. The van der Waals surface area contributed by atoms with Crippen molar-refractivity contribution in [2.45, 2.75) is 24.7 Å². The van der Waals surface area contributed by atoms with E-state index in [0.29, 0.717) is 30.7 Å². The molecule has 5 heteroatoms. The Labute approximate surface area is 136 Å². The van der Waals surface area contributed by atoms with Crippen molar-refractivity contribution in [3.05, 3.63) is 34.9 Å². The molecular weight excluding hydrogens is 300 g/mol. The van der Waals surface area contributed by atoms with Crippen LogP contribution in [0, 0.1) is 5.92 Å². The molecule has 0 aromatic heterocycles. The highest BCUT2D eigenvalue weighted by Gasteiger charge is 2.45. The number of nitrogens with zero attached hydrogens (tertiary/aromatic N) is 1. The van der Waals surface area contributed by atoms with E-state index >= 15 is 0 Å². The number of hydrogen-bond acceptors (Lipinski definition) is 3. The summed E-state index contributed by atoms with van der Waals surface area (Å²) in [6.07, 6.45) is 2.48. The number of likely N-dealkylation sites (tertiary alicyclic amines) is 1. The first-order valence-corrected chi connectivity index (χ1v) is 8.37. The van der Waals surface area contributed by atoms with E-state index in [2.05, 4.69) is 0 Å². The maximum atomic E-state index is 13.3. The first kappa shape index (κ1) is 15.8. The van der Waals surface area contributed by atoms with E-state index in [4.69, 9.17) is 22.1 Å². The second-order valence-corrected chi connectivity index (χ2v) is 6.78. The summed E-state index contributed by atoms with van der Waals surface area (Å²) in [5, 5.41) is 0.697. The number of carbonyl (C=O) groups excluding carboxylic acids is 1. The largest absolute Gasteiger partial charge is 0.381 e. The molecule has 0 spiro atoms. The van der Waals surface area contributed by atoms with Gasteiger partial charge in [0.05, 0.1) is 5.41 Å². The molecule has 2 saturated heterocycles. The van der Waals surface area contributed by atoms with Gasteiger partial charge in [-0.2, -0.15) is 0 Å². The number of nitrogens with two attached hydrogens (primary N) is 1. The van der Waals surface area contributed by atoms with E-state index in [1.165, 1.54) is 0 Å². The Morgan fingerprint density at radius 2 is 2.00 bits per heavy atom. The van der Waals surface area contributed by atoms with Crippen molar-refractivity contribution in [3.63, 3.8) is 0 Å². The lowest BCUT2D eigenvalue weighted by Crippen LogP contribution is -2.49. The van der Waals surface area contributed by atoms with Crippen LogP contribution in [0.1, 0.15) is 24.8 Å². The average molecular weight is 323 g/mol. The monoisotopic (exact) mass is 322 g/mol. The van der Waals surface area contributed by atoms with Crippen LogP contribution in [-0.2, 0) is 14.9 Å². The summed E-state index contributed by atoms with van der Waals surface area (Å²) in [7, 11) is 0. The highest BCUT2D eigenvalue weighted by atomic mass is 35.5. The lowest BCUT2D eigenvalue weighted by Gasteiger charge is -2.39. The fraction of sp³-hybridized carbons (Fsp3) is 0.588. The molecule has 0 radical (unpaired) electrons. The van der Waals surface area contributed by atoms with Gasteiger partial charge in [-0.15, -0.1) is 0 Å². The molecule has 4 nitrogen and oxygen atoms in total. The van der Waals surface area contributed by atoms with E-state index in [0.717, 1.165) is 37.9 Å². The summed E-state index contributed by atoms with van der Waals surface area (Å²) in [5.41, 5.74) is 6.35. The molecule has 120 valence electrons. The molecule has 3 rings (SSSR count). The molecule has 0 bridgehead atoms. The number of halogens is 1. The fourth-order valence-electron chi connectivity index (χ4n) is 3.63. The van der Waals surface area contributed by atoms with Crippen LogP contribution in [-0.4, -0.2) is 43.7 Å². The lowest BCUT2D eigenvalue weighted by atomic mass is 9.73. The van der Waals surface area contributed by atoms with Crippen molar-refractivity contribution in [1.82, 2.24) is 4.90 Å². The number of hydrogen-bond donors (Lipinski definition) is 1. The summed E-state index contributed by atoms with van der Waals surface area (Å²) < 4.78 is 5.51. The van der Waals surface area contributed by atoms with Crippen molar-refractivity contribution in [2.75, 3.05) is 32.8 Å². The van der Waals surface area contributed by atoms with Gasteiger partial charge < -0.3 is 15.4 Å². The lowest BCUT2D eigenvalue weighted by molar-refractivity contribution is -0.140. The zero-order chi connectivity index (χ0) is 15.6. The van der Waals surface area contributed by atoms with Gasteiger partial charge in [0.25, 0.3) is 0 Å². The van der Waals surface area contributed by atoms with Gasteiger partial charge in [0.2, 0.25) is 5.91 Å². The standard InChI is InChI=1S/C17H23ClN2O2/c18-15-3-1-14(2-4-15)17(6-9-22-10-7-17)16(21)20-8-5-13(11-19)12-20/h1-4,13H,5-12,19H2/t13-/m1/s1. The minimum atomic E-state index is -0.466. The van der Waals surface area contributed by atoms with Gasteiger partial charge in [-0.3, -0.25) is 4.79 Å². The van der Waals surface area contributed by atoms with E-state index in [-0.39, 0.29) is 5.91 Å². The summed E-state index contributed by atoms with van der Waals surface area (Å²) in [5.74, 6) is 0.667. The average Bonchev–Trinajstić information content (AvgIpc) is 3.04. The minimum Gasteiger partial charge on any atom is -0.381 e. The highest BCUT2D eigenvalue weighted by Crippen LogP contribution is 2.38. The highest BCUT2D eigenvalue weighted by molar-refractivity contribution is 6.30. The molecular formula is C17H23ClN2O2. The van der Waals surface area contributed by atoms with Crippen LogP contribution in [0.15, 0.2) is 24.3 Å². The Bertz CT molecular complexity index is 526. The van der Waals surface area contributed by atoms with Gasteiger partial charge in [0.1, 0.15) is 0 Å². The second-order valence-electron chi connectivity index (χ2n) is 6.34. The molecule has 0 saturated carbocycles. The maximum absolute atomic E-state index is 13.3. The van der Waals surface area contributed by atoms with E-state index in [1.807, 2.05) is 29.2 Å². The molecule has 2 aliphatic heterocycles. The van der Waals surface area contributed by atoms with Crippen molar-refractivity contribution in [1.29, 1.82) is 0 Å². The van der Waals surface area contributed by atoms with Crippen LogP contribution in [0.3, 0.4) is 0 Å².